The van der Waals surface area contributed by atoms with Crippen LogP contribution in [0.2, 0.25) is 0 Å². The van der Waals surface area contributed by atoms with Gasteiger partial charge in [-0.25, -0.2) is 0 Å². The van der Waals surface area contributed by atoms with E-state index in [1.807, 2.05) is 0 Å². The Balaban J connectivity index is 0.00000288. The summed E-state index contributed by atoms with van der Waals surface area (Å²) in [6.45, 7) is 6.86. The van der Waals surface area contributed by atoms with Crippen LogP contribution in [-0.2, 0) is 14.3 Å². The van der Waals surface area contributed by atoms with Crippen LogP contribution < -0.4 is 10.6 Å². The number of likely N-dealkylation sites (tertiary alicyclic amines) is 1. The molecule has 24 heavy (non-hydrogen) atoms. The first kappa shape index (κ1) is 21.4. The molecule has 0 aromatic rings. The van der Waals surface area contributed by atoms with E-state index in [0.29, 0.717) is 19.2 Å². The molecule has 2 fully saturated rings. The highest BCUT2D eigenvalue weighted by Gasteiger charge is 2.30. The Hall–Kier alpha value is -0.650. The molecule has 2 saturated heterocycles. The van der Waals surface area contributed by atoms with Gasteiger partial charge in [-0.15, -0.1) is 24.0 Å². The van der Waals surface area contributed by atoms with Gasteiger partial charge in [-0.2, -0.15) is 0 Å². The van der Waals surface area contributed by atoms with Gasteiger partial charge in [-0.3, -0.25) is 14.7 Å². The highest BCUT2D eigenvalue weighted by molar-refractivity contribution is 14.0. The Bertz CT molecular complexity index is 405. The number of methoxy groups -OCH3 is 1. The summed E-state index contributed by atoms with van der Waals surface area (Å²) in [5, 5.41) is 5.93. The van der Waals surface area contributed by atoms with Gasteiger partial charge in [0.1, 0.15) is 0 Å². The van der Waals surface area contributed by atoms with E-state index in [1.165, 1.54) is 0 Å². The zero-order valence-electron chi connectivity index (χ0n) is 14.6. The van der Waals surface area contributed by atoms with Gasteiger partial charge in [0.2, 0.25) is 5.91 Å². The molecule has 2 aliphatic heterocycles. The summed E-state index contributed by atoms with van der Waals surface area (Å²) in [7, 11) is 3.37. The SMILES string of the molecule is CN=C(NCC(=O)NCCOC)N1CCC(N2CCOCC2)C1.I. The van der Waals surface area contributed by atoms with Crippen LogP contribution in [0.25, 0.3) is 0 Å². The van der Waals surface area contributed by atoms with E-state index in [1.54, 1.807) is 14.2 Å². The number of halogens is 1. The Morgan fingerprint density at radius 1 is 1.29 bits per heavy atom. The van der Waals surface area contributed by atoms with E-state index >= 15 is 0 Å². The molecule has 1 unspecified atom stereocenters. The van der Waals surface area contributed by atoms with Crippen molar-refractivity contribution in [1.29, 1.82) is 0 Å². The van der Waals surface area contributed by atoms with Gasteiger partial charge in [0, 0.05) is 52.9 Å². The first-order chi connectivity index (χ1) is 11.2. The molecule has 0 aromatic heterocycles. The Labute approximate surface area is 161 Å². The number of ether oxygens (including phenoxy) is 2. The predicted molar refractivity (Wildman–Crippen MR) is 104 cm³/mol. The third kappa shape index (κ3) is 6.69. The zero-order chi connectivity index (χ0) is 16.5. The van der Waals surface area contributed by atoms with Crippen molar-refractivity contribution in [3.8, 4) is 0 Å². The molecule has 9 heteroatoms. The smallest absolute Gasteiger partial charge is 0.239 e. The maximum absolute atomic E-state index is 11.7. The van der Waals surface area contributed by atoms with Crippen molar-refractivity contribution in [2.45, 2.75) is 12.5 Å². The predicted octanol–water partition coefficient (Wildman–Crippen LogP) is -0.651. The highest BCUT2D eigenvalue weighted by atomic mass is 127. The molecule has 1 amide bonds. The van der Waals surface area contributed by atoms with E-state index in [-0.39, 0.29) is 36.4 Å². The monoisotopic (exact) mass is 455 g/mol. The largest absolute Gasteiger partial charge is 0.383 e. The third-order valence-corrected chi connectivity index (χ3v) is 4.27. The second-order valence-electron chi connectivity index (χ2n) is 5.78. The van der Waals surface area contributed by atoms with Crippen LogP contribution in [0.4, 0.5) is 0 Å². The minimum atomic E-state index is -0.0490. The number of nitrogens with one attached hydrogen (secondary N) is 2. The molecule has 0 aromatic carbocycles. The van der Waals surface area contributed by atoms with Crippen LogP contribution in [0.3, 0.4) is 0 Å². The lowest BCUT2D eigenvalue weighted by molar-refractivity contribution is -0.120. The van der Waals surface area contributed by atoms with Crippen molar-refractivity contribution < 1.29 is 14.3 Å². The van der Waals surface area contributed by atoms with Crippen LogP contribution in [0.5, 0.6) is 0 Å². The molecule has 8 nitrogen and oxygen atoms in total. The van der Waals surface area contributed by atoms with Crippen molar-refractivity contribution in [2.24, 2.45) is 4.99 Å². The summed E-state index contributed by atoms with van der Waals surface area (Å²) in [4.78, 5) is 20.8. The Kier molecular flexibility index (Phi) is 10.5. The lowest BCUT2D eigenvalue weighted by atomic mass is 10.2. The third-order valence-electron chi connectivity index (χ3n) is 4.27. The van der Waals surface area contributed by atoms with Crippen molar-refractivity contribution in [2.75, 3.05) is 73.2 Å². The lowest BCUT2D eigenvalue weighted by Gasteiger charge is -2.32. The number of carbonyl (C=O) groups excluding carboxylic acids is 1. The number of guanidine groups is 1. The Morgan fingerprint density at radius 3 is 2.71 bits per heavy atom. The van der Waals surface area contributed by atoms with Gasteiger partial charge in [0.05, 0.1) is 26.4 Å². The normalized spacial score (nSPS) is 22.2. The van der Waals surface area contributed by atoms with E-state index in [9.17, 15) is 4.79 Å². The minimum Gasteiger partial charge on any atom is -0.383 e. The van der Waals surface area contributed by atoms with Gasteiger partial charge in [-0.05, 0) is 6.42 Å². The maximum Gasteiger partial charge on any atom is 0.239 e. The number of amides is 1. The van der Waals surface area contributed by atoms with E-state index in [2.05, 4.69) is 25.4 Å². The molecular formula is C15H30IN5O3. The molecule has 140 valence electrons. The van der Waals surface area contributed by atoms with Crippen molar-refractivity contribution in [3.05, 3.63) is 0 Å². The first-order valence-electron chi connectivity index (χ1n) is 8.27. The first-order valence-corrected chi connectivity index (χ1v) is 8.27. The zero-order valence-corrected chi connectivity index (χ0v) is 17.0. The van der Waals surface area contributed by atoms with Gasteiger partial charge >= 0.3 is 0 Å². The van der Waals surface area contributed by atoms with Crippen LogP contribution in [0, 0.1) is 0 Å². The second-order valence-corrected chi connectivity index (χ2v) is 5.78. The number of hydrogen-bond acceptors (Lipinski definition) is 5. The summed E-state index contributed by atoms with van der Waals surface area (Å²) in [5.41, 5.74) is 0. The molecule has 0 aliphatic carbocycles. The second kappa shape index (κ2) is 11.8. The van der Waals surface area contributed by atoms with E-state index in [4.69, 9.17) is 9.47 Å². The molecule has 2 N–H and O–H groups in total. The summed E-state index contributed by atoms with van der Waals surface area (Å²) in [5.74, 6) is 0.745. The van der Waals surface area contributed by atoms with Crippen LogP contribution in [0.1, 0.15) is 6.42 Å². The van der Waals surface area contributed by atoms with Crippen molar-refractivity contribution in [3.63, 3.8) is 0 Å². The molecule has 2 aliphatic rings. The van der Waals surface area contributed by atoms with Crippen LogP contribution >= 0.6 is 24.0 Å². The quantitative estimate of drug-likeness (QED) is 0.240. The summed E-state index contributed by atoms with van der Waals surface area (Å²) >= 11 is 0. The molecule has 2 rings (SSSR count). The number of morpholine rings is 1. The minimum absolute atomic E-state index is 0. The average Bonchev–Trinajstić information content (AvgIpc) is 3.06. The lowest BCUT2D eigenvalue weighted by Crippen LogP contribution is -2.48. The Morgan fingerprint density at radius 2 is 2.04 bits per heavy atom. The summed E-state index contributed by atoms with van der Waals surface area (Å²) < 4.78 is 10.3. The fourth-order valence-corrected chi connectivity index (χ4v) is 3.02. The molecule has 1 atom stereocenters. The number of rotatable bonds is 6. The highest BCUT2D eigenvalue weighted by Crippen LogP contribution is 2.16. The van der Waals surface area contributed by atoms with Crippen molar-refractivity contribution in [1.82, 2.24) is 20.4 Å². The van der Waals surface area contributed by atoms with E-state index < -0.39 is 0 Å². The molecular weight excluding hydrogens is 425 g/mol. The molecule has 0 bridgehead atoms. The molecule has 0 spiro atoms. The van der Waals surface area contributed by atoms with Gasteiger partial charge in [0.25, 0.3) is 0 Å². The number of nitrogens with zero attached hydrogens (tertiary/aromatic N) is 3. The van der Waals surface area contributed by atoms with Gasteiger partial charge in [0.15, 0.2) is 5.96 Å². The fourth-order valence-electron chi connectivity index (χ4n) is 3.02. The van der Waals surface area contributed by atoms with E-state index in [0.717, 1.165) is 51.8 Å². The average molecular weight is 455 g/mol. The van der Waals surface area contributed by atoms with Crippen molar-refractivity contribution >= 4 is 35.8 Å². The molecule has 0 saturated carbocycles. The van der Waals surface area contributed by atoms with Crippen LogP contribution in [-0.4, -0.2) is 101 Å². The number of aliphatic imine (C=N–C) groups is 1. The summed E-state index contributed by atoms with van der Waals surface area (Å²) in [6, 6.07) is 0.549. The number of hydrogen-bond donors (Lipinski definition) is 2. The molecule has 0 radical (unpaired) electrons. The van der Waals surface area contributed by atoms with Gasteiger partial charge in [-0.1, -0.05) is 0 Å². The standard InChI is InChI=1S/C15H29N5O3.HI/c1-16-15(18-11-14(21)17-4-8-22-2)20-5-3-13(12-20)19-6-9-23-10-7-19;/h13H,3-12H2,1-2H3,(H,16,18)(H,17,21);1H. The van der Waals surface area contributed by atoms with Gasteiger partial charge < -0.3 is 25.0 Å². The van der Waals surface area contributed by atoms with Crippen LogP contribution in [0.15, 0.2) is 4.99 Å². The number of carbonyl (C=O) groups is 1. The topological polar surface area (TPSA) is 78.4 Å². The maximum atomic E-state index is 11.7. The fraction of sp³-hybridized carbons (Fsp3) is 0.867. The molecule has 2 heterocycles. The summed E-state index contributed by atoms with van der Waals surface area (Å²) in [6.07, 6.45) is 1.13.